The van der Waals surface area contributed by atoms with Crippen LogP contribution in [-0.2, 0) is 9.59 Å². The lowest BCUT2D eigenvalue weighted by Crippen LogP contribution is -2.35. The van der Waals surface area contributed by atoms with Gasteiger partial charge in [0.25, 0.3) is 0 Å². The Morgan fingerprint density at radius 1 is 1.19 bits per heavy atom. The monoisotopic (exact) mass is 383 g/mol. The molecule has 1 heterocycles. The minimum Gasteiger partial charge on any atom is -0.487 e. The molecule has 2 rings (SSSR count). The molecule has 0 radical (unpaired) electrons. The number of hydrogen-bond donors (Lipinski definition) is 4. The number of aliphatic carboxylic acids is 2. The van der Waals surface area contributed by atoms with E-state index in [1.54, 1.807) is 0 Å². The molecule has 0 aliphatic carbocycles. The Morgan fingerprint density at radius 3 is 2.41 bits per heavy atom. The molecular formula is C18H25NO8. The third-order valence-electron chi connectivity index (χ3n) is 3.09. The van der Waals surface area contributed by atoms with E-state index in [2.05, 4.69) is 5.32 Å². The van der Waals surface area contributed by atoms with E-state index >= 15 is 0 Å². The van der Waals surface area contributed by atoms with Gasteiger partial charge in [0.1, 0.15) is 25.9 Å². The molecule has 4 N–H and O–H groups in total. The van der Waals surface area contributed by atoms with Gasteiger partial charge in [-0.15, -0.1) is 0 Å². The lowest BCUT2D eigenvalue weighted by molar-refractivity contribution is -0.134. The Labute approximate surface area is 157 Å². The van der Waals surface area contributed by atoms with Crippen molar-refractivity contribution in [3.05, 3.63) is 30.4 Å². The van der Waals surface area contributed by atoms with Crippen LogP contribution in [0.25, 0.3) is 0 Å². The highest BCUT2D eigenvalue weighted by Gasteiger charge is 2.17. The molecule has 1 unspecified atom stereocenters. The summed E-state index contributed by atoms with van der Waals surface area (Å²) in [5, 5.41) is 28.6. The summed E-state index contributed by atoms with van der Waals surface area (Å²) in [5.41, 5.74) is 0. The van der Waals surface area contributed by atoms with Crippen LogP contribution in [0.4, 0.5) is 0 Å². The van der Waals surface area contributed by atoms with Gasteiger partial charge in [0.15, 0.2) is 11.5 Å². The standard InChI is InChI=1S/C14H21NO4.C4H4O4/c1-10(2)15-8-11(16)9-19-13-5-3-4-12-14(13)18-7-6-17-12;5-3(6)1-2-4(7)8/h3-5,10-11,15-16H,6-9H2,1-2H3;1-2H,(H,5,6)(H,7,8)/b;2-1-. The molecular weight excluding hydrogens is 358 g/mol. The van der Waals surface area contributed by atoms with Crippen LogP contribution in [0.15, 0.2) is 30.4 Å². The number of aliphatic hydroxyl groups excluding tert-OH is 1. The van der Waals surface area contributed by atoms with E-state index in [1.807, 2.05) is 32.0 Å². The number of hydrogen-bond acceptors (Lipinski definition) is 7. The summed E-state index contributed by atoms with van der Waals surface area (Å²) in [7, 11) is 0. The maximum absolute atomic E-state index is 9.80. The van der Waals surface area contributed by atoms with Crippen molar-refractivity contribution in [1.29, 1.82) is 0 Å². The van der Waals surface area contributed by atoms with E-state index in [0.29, 0.717) is 55.2 Å². The normalized spacial score (nSPS) is 13.6. The molecule has 0 spiro atoms. The van der Waals surface area contributed by atoms with Gasteiger partial charge in [0.05, 0.1) is 0 Å². The van der Waals surface area contributed by atoms with Crippen LogP contribution in [0, 0.1) is 0 Å². The van der Waals surface area contributed by atoms with Crippen LogP contribution < -0.4 is 19.5 Å². The van der Waals surface area contributed by atoms with Crippen LogP contribution in [-0.4, -0.2) is 65.8 Å². The van der Waals surface area contributed by atoms with Crippen molar-refractivity contribution in [2.24, 2.45) is 0 Å². The first-order valence-corrected chi connectivity index (χ1v) is 8.36. The van der Waals surface area contributed by atoms with Gasteiger partial charge in [-0.2, -0.15) is 0 Å². The minimum absolute atomic E-state index is 0.222. The van der Waals surface area contributed by atoms with Gasteiger partial charge in [0, 0.05) is 24.7 Å². The average molecular weight is 383 g/mol. The second kappa shape index (κ2) is 11.8. The van der Waals surface area contributed by atoms with Gasteiger partial charge in [0.2, 0.25) is 5.75 Å². The highest BCUT2D eigenvalue weighted by Crippen LogP contribution is 2.38. The predicted octanol–water partition coefficient (Wildman–Crippen LogP) is 0.907. The molecule has 1 aliphatic heterocycles. The Balaban J connectivity index is 0.000000387. The fourth-order valence-corrected chi connectivity index (χ4v) is 1.92. The minimum atomic E-state index is -1.26. The number of nitrogens with one attached hydrogen (secondary N) is 1. The number of rotatable bonds is 8. The van der Waals surface area contributed by atoms with Crippen molar-refractivity contribution in [2.75, 3.05) is 26.4 Å². The van der Waals surface area contributed by atoms with E-state index in [4.69, 9.17) is 24.4 Å². The zero-order valence-electron chi connectivity index (χ0n) is 15.3. The molecule has 0 fully saturated rings. The van der Waals surface area contributed by atoms with Gasteiger partial charge in [-0.3, -0.25) is 0 Å². The number of fused-ring (bicyclic) bond motifs is 1. The maximum Gasteiger partial charge on any atom is 0.328 e. The summed E-state index contributed by atoms with van der Waals surface area (Å²) in [4.78, 5) is 19.1. The van der Waals surface area contributed by atoms with Crippen molar-refractivity contribution in [2.45, 2.75) is 26.0 Å². The summed E-state index contributed by atoms with van der Waals surface area (Å²) in [6.45, 7) is 5.87. The smallest absolute Gasteiger partial charge is 0.328 e. The van der Waals surface area contributed by atoms with Gasteiger partial charge in [-0.05, 0) is 12.1 Å². The molecule has 27 heavy (non-hydrogen) atoms. The van der Waals surface area contributed by atoms with Gasteiger partial charge < -0.3 is 34.8 Å². The lowest BCUT2D eigenvalue weighted by atomic mass is 10.2. The van der Waals surface area contributed by atoms with Crippen LogP contribution in [0.3, 0.4) is 0 Å². The van der Waals surface area contributed by atoms with Crippen LogP contribution >= 0.6 is 0 Å². The fourth-order valence-electron chi connectivity index (χ4n) is 1.92. The van der Waals surface area contributed by atoms with Crippen LogP contribution in [0.5, 0.6) is 17.2 Å². The molecule has 0 saturated heterocycles. The highest BCUT2D eigenvalue weighted by molar-refractivity contribution is 5.89. The lowest BCUT2D eigenvalue weighted by Gasteiger charge is -2.21. The highest BCUT2D eigenvalue weighted by atomic mass is 16.6. The van der Waals surface area contributed by atoms with Crippen molar-refractivity contribution >= 4 is 11.9 Å². The fraction of sp³-hybridized carbons (Fsp3) is 0.444. The molecule has 1 aromatic carbocycles. The molecule has 1 aliphatic rings. The molecule has 0 bridgehead atoms. The molecule has 1 aromatic rings. The van der Waals surface area contributed by atoms with E-state index in [1.165, 1.54) is 0 Å². The topological polar surface area (TPSA) is 135 Å². The molecule has 0 aromatic heterocycles. The van der Waals surface area contributed by atoms with Gasteiger partial charge >= 0.3 is 11.9 Å². The van der Waals surface area contributed by atoms with E-state index < -0.39 is 18.0 Å². The number of ether oxygens (including phenoxy) is 3. The molecule has 9 heteroatoms. The quantitative estimate of drug-likeness (QED) is 0.483. The molecule has 150 valence electrons. The second-order valence-corrected chi connectivity index (χ2v) is 5.82. The summed E-state index contributed by atoms with van der Waals surface area (Å²) in [6.07, 6.45) is 0.563. The third-order valence-corrected chi connectivity index (χ3v) is 3.09. The Morgan fingerprint density at radius 2 is 1.81 bits per heavy atom. The van der Waals surface area contributed by atoms with Gasteiger partial charge in [-0.25, -0.2) is 9.59 Å². The summed E-state index contributed by atoms with van der Waals surface area (Å²) in [6, 6.07) is 5.85. The maximum atomic E-state index is 9.80. The largest absolute Gasteiger partial charge is 0.487 e. The SMILES string of the molecule is CC(C)NCC(O)COc1cccc2c1OCCO2.O=C(O)/C=C\C(=O)O. The van der Waals surface area contributed by atoms with E-state index in [9.17, 15) is 14.7 Å². The Bertz CT molecular complexity index is 628. The van der Waals surface area contributed by atoms with Crippen molar-refractivity contribution < 1.29 is 39.1 Å². The molecule has 0 saturated carbocycles. The van der Waals surface area contributed by atoms with Crippen molar-refractivity contribution in [3.8, 4) is 17.2 Å². The number of carbonyl (C=O) groups is 2. The Kier molecular flexibility index (Phi) is 9.70. The first-order chi connectivity index (χ1) is 12.8. The number of carboxylic acid groups (broad SMARTS) is 2. The van der Waals surface area contributed by atoms with Crippen LogP contribution in [0.2, 0.25) is 0 Å². The second-order valence-electron chi connectivity index (χ2n) is 5.82. The number of carboxylic acids is 2. The van der Waals surface area contributed by atoms with E-state index in [-0.39, 0.29) is 6.61 Å². The van der Waals surface area contributed by atoms with Crippen molar-refractivity contribution in [3.63, 3.8) is 0 Å². The predicted molar refractivity (Wildman–Crippen MR) is 96.5 cm³/mol. The van der Waals surface area contributed by atoms with E-state index in [0.717, 1.165) is 0 Å². The van der Waals surface area contributed by atoms with Crippen molar-refractivity contribution in [1.82, 2.24) is 5.32 Å². The third kappa shape index (κ3) is 9.47. The molecule has 9 nitrogen and oxygen atoms in total. The summed E-state index contributed by atoms with van der Waals surface area (Å²) in [5.74, 6) is -0.586. The summed E-state index contributed by atoms with van der Waals surface area (Å²) >= 11 is 0. The zero-order chi connectivity index (χ0) is 20.2. The Hall–Kier alpha value is -2.78. The number of aliphatic hydroxyl groups is 1. The summed E-state index contributed by atoms with van der Waals surface area (Å²) < 4.78 is 16.6. The number of para-hydroxylation sites is 1. The number of benzene rings is 1. The van der Waals surface area contributed by atoms with Crippen LogP contribution in [0.1, 0.15) is 13.8 Å². The zero-order valence-corrected chi connectivity index (χ0v) is 15.3. The molecule has 1 atom stereocenters. The average Bonchev–Trinajstić information content (AvgIpc) is 2.63. The van der Waals surface area contributed by atoms with Gasteiger partial charge in [-0.1, -0.05) is 19.9 Å². The first-order valence-electron chi connectivity index (χ1n) is 8.36. The molecule has 0 amide bonds. The first kappa shape index (κ1) is 22.3.